The number of aromatic amines is 1. The van der Waals surface area contributed by atoms with Gasteiger partial charge in [-0.1, -0.05) is 11.6 Å². The van der Waals surface area contributed by atoms with Crippen molar-refractivity contribution >= 4 is 34.9 Å². The number of H-pyrrole nitrogens is 1. The minimum atomic E-state index is -0.137. The number of rotatable bonds is 3. The summed E-state index contributed by atoms with van der Waals surface area (Å²) in [6, 6.07) is 5.18. The predicted molar refractivity (Wildman–Crippen MR) is 87.1 cm³/mol. The average molecular weight is 329 g/mol. The maximum atomic E-state index is 12.1. The maximum Gasteiger partial charge on any atom is 0.258 e. The molecule has 0 bridgehead atoms. The summed E-state index contributed by atoms with van der Waals surface area (Å²) in [6.45, 7) is 3.35. The van der Waals surface area contributed by atoms with Crippen molar-refractivity contribution in [1.29, 1.82) is 0 Å². The van der Waals surface area contributed by atoms with Crippen LogP contribution in [0.2, 0.25) is 5.02 Å². The molecular weight excluding hydrogens is 311 g/mol. The first-order valence-corrected chi connectivity index (χ1v) is 7.14. The lowest BCUT2D eigenvalue weighted by Gasteiger charge is -2.15. The summed E-state index contributed by atoms with van der Waals surface area (Å²) >= 11 is 5.90. The number of benzene rings is 1. The fraction of sp³-hybridized carbons (Fsp3) is 0.429. The summed E-state index contributed by atoms with van der Waals surface area (Å²) in [5.41, 5.74) is 6.24. The minimum Gasteiger partial charge on any atom is -0.330 e. The van der Waals surface area contributed by atoms with Gasteiger partial charge in [0.15, 0.2) is 0 Å². The molecule has 1 aromatic heterocycles. The van der Waals surface area contributed by atoms with Crippen LogP contribution in [-0.4, -0.2) is 34.5 Å². The number of halogens is 2. The normalized spacial score (nSPS) is 18.9. The Labute approximate surface area is 133 Å². The van der Waals surface area contributed by atoms with Crippen LogP contribution in [0.25, 0.3) is 10.9 Å². The third kappa shape index (κ3) is 3.55. The Balaban J connectivity index is 0.00000161. The number of nitrogens with zero attached hydrogens (tertiary/aromatic N) is 2. The summed E-state index contributed by atoms with van der Waals surface area (Å²) in [5.74, 6) is 1.25. The summed E-state index contributed by atoms with van der Waals surface area (Å²) in [4.78, 5) is 21.7. The predicted octanol–water partition coefficient (Wildman–Crippen LogP) is 1.78. The molecule has 0 spiro atoms. The van der Waals surface area contributed by atoms with E-state index in [4.69, 9.17) is 17.3 Å². The van der Waals surface area contributed by atoms with Crippen molar-refractivity contribution in [1.82, 2.24) is 14.9 Å². The van der Waals surface area contributed by atoms with Gasteiger partial charge in [-0.2, -0.15) is 0 Å². The molecule has 21 heavy (non-hydrogen) atoms. The van der Waals surface area contributed by atoms with Crippen molar-refractivity contribution in [3.63, 3.8) is 0 Å². The van der Waals surface area contributed by atoms with Crippen LogP contribution in [0.1, 0.15) is 12.2 Å². The summed E-state index contributed by atoms with van der Waals surface area (Å²) < 4.78 is 0. The van der Waals surface area contributed by atoms with Crippen LogP contribution >= 0.6 is 24.0 Å². The molecule has 3 N–H and O–H groups in total. The molecule has 2 aromatic rings. The Hall–Kier alpha value is -1.14. The van der Waals surface area contributed by atoms with E-state index in [1.165, 1.54) is 0 Å². The van der Waals surface area contributed by atoms with Crippen LogP contribution in [0.3, 0.4) is 0 Å². The first-order valence-electron chi connectivity index (χ1n) is 6.76. The lowest BCUT2D eigenvalue weighted by molar-refractivity contribution is 0.310. The molecule has 1 aliphatic heterocycles. The molecule has 1 aliphatic rings. The standard InChI is InChI=1S/C14H17ClN4O.ClH/c15-10-1-2-12-11(5-10)14(20)18-13(17-12)8-19-4-3-9(6-16)7-19;/h1-2,5,9H,3-4,6-8,16H2,(H,17,18,20);1H. The van der Waals surface area contributed by atoms with Gasteiger partial charge in [0.2, 0.25) is 0 Å². The van der Waals surface area contributed by atoms with Gasteiger partial charge in [-0.05, 0) is 43.6 Å². The number of likely N-dealkylation sites (tertiary alicyclic amines) is 1. The molecular formula is C14H18Cl2N4O. The van der Waals surface area contributed by atoms with E-state index >= 15 is 0 Å². The second-order valence-corrected chi connectivity index (χ2v) is 5.74. The topological polar surface area (TPSA) is 75.0 Å². The van der Waals surface area contributed by atoms with E-state index in [0.29, 0.717) is 34.2 Å². The fourth-order valence-corrected chi connectivity index (χ4v) is 2.87. The van der Waals surface area contributed by atoms with E-state index in [0.717, 1.165) is 26.1 Å². The first kappa shape index (κ1) is 16.2. The van der Waals surface area contributed by atoms with Crippen LogP contribution in [0.15, 0.2) is 23.0 Å². The lowest BCUT2D eigenvalue weighted by Crippen LogP contribution is -2.25. The van der Waals surface area contributed by atoms with Crippen molar-refractivity contribution in [2.45, 2.75) is 13.0 Å². The van der Waals surface area contributed by atoms with Crippen molar-refractivity contribution in [3.05, 3.63) is 39.4 Å². The van der Waals surface area contributed by atoms with Crippen LogP contribution in [0.4, 0.5) is 0 Å². The van der Waals surface area contributed by atoms with Gasteiger partial charge in [0, 0.05) is 11.6 Å². The zero-order valence-electron chi connectivity index (χ0n) is 11.5. The Kier molecular flexibility index (Phi) is 5.22. The second-order valence-electron chi connectivity index (χ2n) is 5.30. The molecule has 3 rings (SSSR count). The summed E-state index contributed by atoms with van der Waals surface area (Å²) in [5, 5.41) is 1.07. The molecule has 114 valence electrons. The van der Waals surface area contributed by atoms with Crippen molar-refractivity contribution in [2.24, 2.45) is 11.7 Å². The Morgan fingerprint density at radius 2 is 2.29 bits per heavy atom. The molecule has 1 aromatic carbocycles. The Bertz CT molecular complexity index is 688. The molecule has 1 saturated heterocycles. The van der Waals surface area contributed by atoms with Crippen molar-refractivity contribution in [3.8, 4) is 0 Å². The van der Waals surface area contributed by atoms with Crippen molar-refractivity contribution < 1.29 is 0 Å². The van der Waals surface area contributed by atoms with E-state index in [9.17, 15) is 4.79 Å². The van der Waals surface area contributed by atoms with Crippen LogP contribution in [0.5, 0.6) is 0 Å². The molecule has 1 atom stereocenters. The Morgan fingerprint density at radius 3 is 3.00 bits per heavy atom. The first-order chi connectivity index (χ1) is 9.65. The average Bonchev–Trinajstić information content (AvgIpc) is 2.87. The number of hydrogen-bond donors (Lipinski definition) is 2. The quantitative estimate of drug-likeness (QED) is 0.900. The van der Waals surface area contributed by atoms with E-state index in [1.54, 1.807) is 18.2 Å². The molecule has 5 nitrogen and oxygen atoms in total. The molecule has 2 heterocycles. The lowest BCUT2D eigenvalue weighted by atomic mass is 10.1. The highest BCUT2D eigenvalue weighted by Crippen LogP contribution is 2.18. The maximum absolute atomic E-state index is 12.1. The highest BCUT2D eigenvalue weighted by molar-refractivity contribution is 6.31. The highest BCUT2D eigenvalue weighted by Gasteiger charge is 2.21. The second kappa shape index (κ2) is 6.75. The molecule has 0 saturated carbocycles. The minimum absolute atomic E-state index is 0. The molecule has 0 radical (unpaired) electrons. The van der Waals surface area contributed by atoms with Gasteiger partial charge in [-0.15, -0.1) is 12.4 Å². The monoisotopic (exact) mass is 328 g/mol. The smallest absolute Gasteiger partial charge is 0.258 e. The molecule has 0 amide bonds. The zero-order chi connectivity index (χ0) is 14.1. The van der Waals surface area contributed by atoms with E-state index in [-0.39, 0.29) is 18.0 Å². The number of hydrogen-bond acceptors (Lipinski definition) is 4. The van der Waals surface area contributed by atoms with Crippen LogP contribution in [0, 0.1) is 5.92 Å². The number of aromatic nitrogens is 2. The largest absolute Gasteiger partial charge is 0.330 e. The highest BCUT2D eigenvalue weighted by atomic mass is 35.5. The van der Waals surface area contributed by atoms with E-state index in [2.05, 4.69) is 14.9 Å². The van der Waals surface area contributed by atoms with E-state index < -0.39 is 0 Å². The van der Waals surface area contributed by atoms with Gasteiger partial charge < -0.3 is 10.7 Å². The molecule has 7 heteroatoms. The van der Waals surface area contributed by atoms with Crippen LogP contribution in [-0.2, 0) is 6.54 Å². The molecule has 1 fully saturated rings. The summed E-state index contributed by atoms with van der Waals surface area (Å²) in [6.07, 6.45) is 1.12. The van der Waals surface area contributed by atoms with Gasteiger partial charge in [0.1, 0.15) is 5.82 Å². The number of nitrogens with one attached hydrogen (secondary N) is 1. The number of nitrogens with two attached hydrogens (primary N) is 1. The third-order valence-corrected chi connectivity index (χ3v) is 4.03. The summed E-state index contributed by atoms with van der Waals surface area (Å²) in [7, 11) is 0. The van der Waals surface area contributed by atoms with Gasteiger partial charge in [0.05, 0.1) is 17.4 Å². The third-order valence-electron chi connectivity index (χ3n) is 3.79. The van der Waals surface area contributed by atoms with E-state index in [1.807, 2.05) is 0 Å². The fourth-order valence-electron chi connectivity index (χ4n) is 2.69. The molecule has 0 aliphatic carbocycles. The van der Waals surface area contributed by atoms with Gasteiger partial charge in [0.25, 0.3) is 5.56 Å². The Morgan fingerprint density at radius 1 is 1.48 bits per heavy atom. The molecule has 1 unspecified atom stereocenters. The number of fused-ring (bicyclic) bond motifs is 1. The van der Waals surface area contributed by atoms with Crippen LogP contribution < -0.4 is 11.3 Å². The van der Waals surface area contributed by atoms with Crippen molar-refractivity contribution in [2.75, 3.05) is 19.6 Å². The van der Waals surface area contributed by atoms with Gasteiger partial charge >= 0.3 is 0 Å². The van der Waals surface area contributed by atoms with Gasteiger partial charge in [-0.3, -0.25) is 9.69 Å². The van der Waals surface area contributed by atoms with Gasteiger partial charge in [-0.25, -0.2) is 4.98 Å². The zero-order valence-corrected chi connectivity index (χ0v) is 13.1. The SMILES string of the molecule is Cl.NCC1CCN(Cc2nc3ccc(Cl)cc3c(=O)[nH]2)C1.